The molecule has 1 aromatic heterocycles. The summed E-state index contributed by atoms with van der Waals surface area (Å²) < 4.78 is 31.7. The molecule has 102 valence electrons. The summed E-state index contributed by atoms with van der Waals surface area (Å²) in [6, 6.07) is 0. The molecule has 1 aliphatic rings. The SMILES string of the molecule is C1CC(c2nnn[nH]2)CCN1.O=C(O)C(F)(F)F. The molecule has 7 nitrogen and oxygen atoms in total. The van der Waals surface area contributed by atoms with Crippen molar-refractivity contribution in [1.29, 1.82) is 0 Å². The predicted octanol–water partition coefficient (Wildman–Crippen LogP) is 0.300. The molecule has 3 N–H and O–H groups in total. The summed E-state index contributed by atoms with van der Waals surface area (Å²) in [4.78, 5) is 8.90. The molecule has 18 heavy (non-hydrogen) atoms. The number of aliphatic carboxylic acids is 1. The molecule has 0 spiro atoms. The predicted molar refractivity (Wildman–Crippen MR) is 52.7 cm³/mol. The number of aromatic nitrogens is 4. The zero-order chi connectivity index (χ0) is 13.6. The lowest BCUT2D eigenvalue weighted by atomic mass is 9.98. The number of hydrogen-bond acceptors (Lipinski definition) is 5. The van der Waals surface area contributed by atoms with Crippen LogP contribution in [0.3, 0.4) is 0 Å². The number of piperidine rings is 1. The fourth-order valence-corrected chi connectivity index (χ4v) is 1.43. The van der Waals surface area contributed by atoms with E-state index in [0.717, 1.165) is 31.8 Å². The van der Waals surface area contributed by atoms with Crippen LogP contribution in [-0.4, -0.2) is 51.0 Å². The molecule has 2 rings (SSSR count). The molecule has 0 radical (unpaired) electrons. The minimum atomic E-state index is -5.08. The fourth-order valence-electron chi connectivity index (χ4n) is 1.43. The van der Waals surface area contributed by atoms with Crippen molar-refractivity contribution in [3.05, 3.63) is 5.82 Å². The monoisotopic (exact) mass is 267 g/mol. The van der Waals surface area contributed by atoms with Gasteiger partial charge in [0.05, 0.1) is 0 Å². The van der Waals surface area contributed by atoms with Crippen LogP contribution in [0.15, 0.2) is 0 Å². The number of rotatable bonds is 1. The molecule has 1 fully saturated rings. The second kappa shape index (κ2) is 6.28. The first-order valence-electron chi connectivity index (χ1n) is 5.15. The maximum absolute atomic E-state index is 10.6. The van der Waals surface area contributed by atoms with Crippen LogP contribution in [0.25, 0.3) is 0 Å². The largest absolute Gasteiger partial charge is 0.490 e. The number of aromatic amines is 1. The average Bonchev–Trinajstić information content (AvgIpc) is 2.83. The van der Waals surface area contributed by atoms with Gasteiger partial charge in [0.25, 0.3) is 0 Å². The maximum atomic E-state index is 10.6. The molecule has 10 heteroatoms. The summed E-state index contributed by atoms with van der Waals surface area (Å²) in [5, 5.41) is 24.2. The van der Waals surface area contributed by atoms with E-state index in [1.165, 1.54) is 0 Å². The average molecular weight is 267 g/mol. The van der Waals surface area contributed by atoms with Gasteiger partial charge in [0.15, 0.2) is 5.82 Å². The molecule has 0 aliphatic carbocycles. The number of alkyl halides is 3. The Kier molecular flexibility index (Phi) is 5.01. The molecule has 0 atom stereocenters. The van der Waals surface area contributed by atoms with Gasteiger partial charge in [-0.3, -0.25) is 0 Å². The molecule has 0 unspecified atom stereocenters. The van der Waals surface area contributed by atoms with Crippen molar-refractivity contribution < 1.29 is 23.1 Å². The van der Waals surface area contributed by atoms with E-state index in [-0.39, 0.29) is 0 Å². The second-order valence-electron chi connectivity index (χ2n) is 3.61. The summed E-state index contributed by atoms with van der Waals surface area (Å²) in [5.74, 6) is -1.29. The molecule has 0 amide bonds. The number of H-pyrrole nitrogens is 1. The lowest BCUT2D eigenvalue weighted by molar-refractivity contribution is -0.192. The molecule has 1 aromatic rings. The van der Waals surface area contributed by atoms with Gasteiger partial charge in [0.2, 0.25) is 0 Å². The highest BCUT2D eigenvalue weighted by atomic mass is 19.4. The van der Waals surface area contributed by atoms with Crippen LogP contribution in [0.4, 0.5) is 13.2 Å². The van der Waals surface area contributed by atoms with Gasteiger partial charge in [-0.2, -0.15) is 13.2 Å². The Morgan fingerprint density at radius 2 is 1.89 bits per heavy atom. The first kappa shape index (κ1) is 14.4. The summed E-state index contributed by atoms with van der Waals surface area (Å²) in [7, 11) is 0. The van der Waals surface area contributed by atoms with Crippen LogP contribution in [-0.2, 0) is 4.79 Å². The highest BCUT2D eigenvalue weighted by Gasteiger charge is 2.38. The van der Waals surface area contributed by atoms with Crippen molar-refractivity contribution in [2.24, 2.45) is 0 Å². The van der Waals surface area contributed by atoms with Crippen LogP contribution >= 0.6 is 0 Å². The Labute approximate surface area is 99.8 Å². The highest BCUT2D eigenvalue weighted by Crippen LogP contribution is 2.20. The van der Waals surface area contributed by atoms with E-state index >= 15 is 0 Å². The van der Waals surface area contributed by atoms with E-state index in [2.05, 4.69) is 25.9 Å². The zero-order valence-corrected chi connectivity index (χ0v) is 9.24. The molecule has 2 heterocycles. The van der Waals surface area contributed by atoms with Crippen LogP contribution < -0.4 is 5.32 Å². The molecule has 0 saturated carbocycles. The standard InChI is InChI=1S/C6H11N5.C2HF3O2/c1-3-7-4-2-5(1)6-8-10-11-9-6;3-2(4,5)1(6)7/h5,7H,1-4H2,(H,8,9,10,11);(H,6,7). The first-order valence-corrected chi connectivity index (χ1v) is 5.15. The molecular formula is C8H12F3N5O2. The summed E-state index contributed by atoms with van der Waals surface area (Å²) in [6.45, 7) is 2.15. The summed E-state index contributed by atoms with van der Waals surface area (Å²) in [6.07, 6.45) is -2.81. The van der Waals surface area contributed by atoms with Crippen LogP contribution in [0.2, 0.25) is 0 Å². The summed E-state index contributed by atoms with van der Waals surface area (Å²) >= 11 is 0. The minimum absolute atomic E-state index is 0.534. The van der Waals surface area contributed by atoms with Gasteiger partial charge in [0.1, 0.15) is 0 Å². The third-order valence-corrected chi connectivity index (χ3v) is 2.33. The van der Waals surface area contributed by atoms with Gasteiger partial charge in [-0.25, -0.2) is 9.89 Å². The smallest absolute Gasteiger partial charge is 0.475 e. The van der Waals surface area contributed by atoms with E-state index < -0.39 is 12.1 Å². The lowest BCUT2D eigenvalue weighted by Gasteiger charge is -2.19. The van der Waals surface area contributed by atoms with Crippen molar-refractivity contribution in [2.45, 2.75) is 24.9 Å². The maximum Gasteiger partial charge on any atom is 0.490 e. The Bertz CT molecular complexity index is 361. The Balaban J connectivity index is 0.000000203. The van der Waals surface area contributed by atoms with E-state index in [9.17, 15) is 13.2 Å². The summed E-state index contributed by atoms with van der Waals surface area (Å²) in [5.41, 5.74) is 0. The van der Waals surface area contributed by atoms with Crippen LogP contribution in [0, 0.1) is 0 Å². The highest BCUT2D eigenvalue weighted by molar-refractivity contribution is 5.73. The number of nitrogens with zero attached hydrogens (tertiary/aromatic N) is 3. The van der Waals surface area contributed by atoms with Crippen molar-refractivity contribution in [3.8, 4) is 0 Å². The Morgan fingerprint density at radius 3 is 2.28 bits per heavy atom. The minimum Gasteiger partial charge on any atom is -0.475 e. The number of hydrogen-bond donors (Lipinski definition) is 3. The number of carboxylic acid groups (broad SMARTS) is 1. The van der Waals surface area contributed by atoms with Crippen molar-refractivity contribution in [2.75, 3.05) is 13.1 Å². The van der Waals surface area contributed by atoms with Crippen molar-refractivity contribution >= 4 is 5.97 Å². The topological polar surface area (TPSA) is 104 Å². The molecule has 1 aliphatic heterocycles. The lowest BCUT2D eigenvalue weighted by Crippen LogP contribution is -2.27. The Hall–Kier alpha value is -1.71. The van der Waals surface area contributed by atoms with E-state index in [1.54, 1.807) is 0 Å². The molecule has 0 aromatic carbocycles. The normalized spacial score (nSPS) is 16.8. The quantitative estimate of drug-likeness (QED) is 0.676. The number of carboxylic acids is 1. The number of tetrazole rings is 1. The van der Waals surface area contributed by atoms with Gasteiger partial charge in [-0.1, -0.05) is 0 Å². The number of nitrogens with one attached hydrogen (secondary N) is 2. The van der Waals surface area contributed by atoms with E-state index in [0.29, 0.717) is 5.92 Å². The fraction of sp³-hybridized carbons (Fsp3) is 0.750. The molecule has 1 saturated heterocycles. The van der Waals surface area contributed by atoms with Gasteiger partial charge < -0.3 is 10.4 Å². The number of carbonyl (C=O) groups is 1. The van der Waals surface area contributed by atoms with E-state index in [1.807, 2.05) is 0 Å². The third kappa shape index (κ3) is 4.65. The van der Waals surface area contributed by atoms with Gasteiger partial charge >= 0.3 is 12.1 Å². The van der Waals surface area contributed by atoms with Gasteiger partial charge in [-0.05, 0) is 36.4 Å². The Morgan fingerprint density at radius 1 is 1.33 bits per heavy atom. The molecule has 0 bridgehead atoms. The third-order valence-electron chi connectivity index (χ3n) is 2.33. The van der Waals surface area contributed by atoms with Gasteiger partial charge in [-0.15, -0.1) is 5.10 Å². The van der Waals surface area contributed by atoms with E-state index in [4.69, 9.17) is 9.90 Å². The van der Waals surface area contributed by atoms with Crippen LogP contribution in [0.5, 0.6) is 0 Å². The zero-order valence-electron chi connectivity index (χ0n) is 9.24. The van der Waals surface area contributed by atoms with Crippen molar-refractivity contribution in [1.82, 2.24) is 25.9 Å². The molecular weight excluding hydrogens is 255 g/mol. The second-order valence-corrected chi connectivity index (χ2v) is 3.61. The van der Waals surface area contributed by atoms with Crippen molar-refractivity contribution in [3.63, 3.8) is 0 Å². The van der Waals surface area contributed by atoms with Gasteiger partial charge in [0, 0.05) is 5.92 Å². The number of halogens is 3. The first-order chi connectivity index (χ1) is 8.41. The van der Waals surface area contributed by atoms with Crippen LogP contribution in [0.1, 0.15) is 24.6 Å².